The van der Waals surface area contributed by atoms with Gasteiger partial charge in [-0.15, -0.1) is 11.8 Å². The number of carbonyl (C=O) groups excluding carboxylic acids is 1. The molecule has 3 saturated heterocycles. The zero-order valence-electron chi connectivity index (χ0n) is 16.8. The maximum Gasteiger partial charge on any atom is 0.240 e. The van der Waals surface area contributed by atoms with Crippen molar-refractivity contribution in [3.63, 3.8) is 0 Å². The van der Waals surface area contributed by atoms with Gasteiger partial charge in [0.2, 0.25) is 5.91 Å². The molecule has 10 atom stereocenters. The lowest BCUT2D eigenvalue weighted by molar-refractivity contribution is -0.205. The molecule has 1 amide bonds. The summed E-state index contributed by atoms with van der Waals surface area (Å²) in [6.07, 6.45) is 0.965. The summed E-state index contributed by atoms with van der Waals surface area (Å²) in [4.78, 5) is 13.1. The molecular formula is C20H32N2O7S. The number of thioether (sulfide) groups is 1. The molecule has 0 aliphatic carbocycles. The monoisotopic (exact) mass is 444 g/mol. The third-order valence-corrected chi connectivity index (χ3v) is 7.72. The van der Waals surface area contributed by atoms with E-state index in [-0.39, 0.29) is 17.8 Å². The fourth-order valence-corrected chi connectivity index (χ4v) is 5.84. The molecule has 0 aromatic rings. The van der Waals surface area contributed by atoms with Crippen LogP contribution in [0.3, 0.4) is 0 Å². The van der Waals surface area contributed by atoms with Gasteiger partial charge >= 0.3 is 0 Å². The molecule has 0 aromatic heterocycles. The summed E-state index contributed by atoms with van der Waals surface area (Å²) in [5.41, 5.74) is -0.812. The average molecular weight is 445 g/mol. The van der Waals surface area contributed by atoms with E-state index in [0.717, 1.165) is 25.8 Å². The van der Waals surface area contributed by atoms with Crippen molar-refractivity contribution in [3.8, 4) is 0 Å². The molecular weight excluding hydrogens is 412 g/mol. The minimum absolute atomic E-state index is 0.183. The van der Waals surface area contributed by atoms with Gasteiger partial charge in [-0.25, -0.2) is 0 Å². The van der Waals surface area contributed by atoms with Crippen molar-refractivity contribution in [2.24, 2.45) is 5.92 Å². The zero-order valence-corrected chi connectivity index (χ0v) is 17.6. The van der Waals surface area contributed by atoms with E-state index in [2.05, 4.69) is 10.6 Å². The van der Waals surface area contributed by atoms with Gasteiger partial charge in [-0.05, 0) is 25.2 Å². The Morgan fingerprint density at radius 2 is 1.93 bits per heavy atom. The summed E-state index contributed by atoms with van der Waals surface area (Å²) < 4.78 is 11.9. The van der Waals surface area contributed by atoms with E-state index in [1.165, 1.54) is 11.8 Å². The lowest BCUT2D eigenvalue weighted by atomic mass is 9.92. The zero-order chi connectivity index (χ0) is 21.3. The van der Waals surface area contributed by atoms with E-state index in [9.17, 15) is 25.2 Å². The maximum atomic E-state index is 13.1. The highest BCUT2D eigenvalue weighted by Gasteiger charge is 2.48. The average Bonchev–Trinajstić information content (AvgIpc) is 2.99. The molecule has 4 heterocycles. The minimum atomic E-state index is -1.40. The highest BCUT2D eigenvalue weighted by atomic mass is 32.2. The Bertz CT molecular complexity index is 638. The maximum absolute atomic E-state index is 13.1. The summed E-state index contributed by atoms with van der Waals surface area (Å²) in [6.45, 7) is 1.37. The largest absolute Gasteiger partial charge is 0.388 e. The van der Waals surface area contributed by atoms with Crippen molar-refractivity contribution < 1.29 is 34.7 Å². The Morgan fingerprint density at radius 1 is 1.10 bits per heavy atom. The summed E-state index contributed by atoms with van der Waals surface area (Å²) in [5.74, 6) is 0.356. The van der Waals surface area contributed by atoms with Crippen molar-refractivity contribution in [2.75, 3.05) is 18.9 Å². The van der Waals surface area contributed by atoms with Crippen LogP contribution in [0.25, 0.3) is 0 Å². The molecule has 10 unspecified atom stereocenters. The van der Waals surface area contributed by atoms with Gasteiger partial charge in [-0.1, -0.05) is 18.6 Å². The predicted octanol–water partition coefficient (Wildman–Crippen LogP) is -1.51. The van der Waals surface area contributed by atoms with E-state index in [1.807, 2.05) is 0 Å². The summed E-state index contributed by atoms with van der Waals surface area (Å²) in [5, 5.41) is 47.4. The van der Waals surface area contributed by atoms with Crippen LogP contribution in [0.5, 0.6) is 0 Å². The first kappa shape index (κ1) is 22.5. The standard InChI is InChI=1S/C20H32N2O7S/c23-11-5-3-6-12(18-15(25)14(24)16(26)20(29-18)30-9-11)22-19(27)13-17-10(8-21-13)4-1-2-7-28-17/h3,5,10-18,20-21,23-26H,1-2,4,6-9H2,(H,22,27)/b5-3+. The quantitative estimate of drug-likeness (QED) is 0.281. The lowest BCUT2D eigenvalue weighted by Gasteiger charge is -2.44. The van der Waals surface area contributed by atoms with Crippen LogP contribution in [0.2, 0.25) is 0 Å². The molecule has 2 bridgehead atoms. The van der Waals surface area contributed by atoms with E-state index < -0.39 is 48.0 Å². The van der Waals surface area contributed by atoms with Crippen LogP contribution in [0.15, 0.2) is 12.2 Å². The number of aliphatic hydroxyl groups is 4. The molecule has 0 aromatic carbocycles. The van der Waals surface area contributed by atoms with E-state index >= 15 is 0 Å². The Kier molecular flexibility index (Phi) is 7.36. The molecule has 4 aliphatic heterocycles. The van der Waals surface area contributed by atoms with E-state index in [1.54, 1.807) is 12.2 Å². The molecule has 0 radical (unpaired) electrons. The third-order valence-electron chi connectivity index (χ3n) is 6.47. The first-order valence-corrected chi connectivity index (χ1v) is 11.8. The SMILES string of the molecule is O=C(NC1C/C=C/C(O)CSC2OC1C(O)C(O)C2O)C1NCC2CCCCOC21. The van der Waals surface area contributed by atoms with Crippen molar-refractivity contribution in [1.82, 2.24) is 10.6 Å². The highest BCUT2D eigenvalue weighted by molar-refractivity contribution is 7.99. The lowest BCUT2D eigenvalue weighted by Crippen LogP contribution is -2.64. The van der Waals surface area contributed by atoms with Gasteiger partial charge in [0.05, 0.1) is 18.2 Å². The molecule has 170 valence electrons. The fraction of sp³-hybridized carbons (Fsp3) is 0.850. The summed E-state index contributed by atoms with van der Waals surface area (Å²) in [7, 11) is 0. The number of amides is 1. The number of rotatable bonds is 2. The normalized spacial score (nSPS) is 48.3. The number of fused-ring (bicyclic) bond motifs is 3. The van der Waals surface area contributed by atoms with Crippen LogP contribution in [-0.4, -0.2) is 99.4 Å². The molecule has 3 fully saturated rings. The topological polar surface area (TPSA) is 141 Å². The molecule has 10 heteroatoms. The van der Waals surface area contributed by atoms with Gasteiger partial charge in [-0.3, -0.25) is 4.79 Å². The first-order valence-electron chi connectivity index (χ1n) is 10.8. The smallest absolute Gasteiger partial charge is 0.240 e. The molecule has 0 saturated carbocycles. The molecule has 30 heavy (non-hydrogen) atoms. The number of carbonyl (C=O) groups is 1. The van der Waals surface area contributed by atoms with Crippen LogP contribution in [0, 0.1) is 5.92 Å². The molecule has 9 nitrogen and oxygen atoms in total. The van der Waals surface area contributed by atoms with E-state index in [4.69, 9.17) is 9.47 Å². The second kappa shape index (κ2) is 9.83. The van der Waals surface area contributed by atoms with E-state index in [0.29, 0.717) is 18.9 Å². The van der Waals surface area contributed by atoms with Gasteiger partial charge < -0.3 is 40.5 Å². The highest BCUT2D eigenvalue weighted by Crippen LogP contribution is 2.32. The van der Waals surface area contributed by atoms with Gasteiger partial charge in [0.15, 0.2) is 0 Å². The Hall–Kier alpha value is -0.720. The van der Waals surface area contributed by atoms with Gasteiger partial charge in [-0.2, -0.15) is 0 Å². The van der Waals surface area contributed by atoms with Crippen LogP contribution in [0.4, 0.5) is 0 Å². The minimum Gasteiger partial charge on any atom is -0.388 e. The molecule has 4 aliphatic rings. The van der Waals surface area contributed by atoms with Crippen molar-refractivity contribution >= 4 is 17.7 Å². The first-order chi connectivity index (χ1) is 14.5. The molecule has 6 N–H and O–H groups in total. The number of aliphatic hydroxyl groups excluding tert-OH is 4. The second-order valence-electron chi connectivity index (χ2n) is 8.60. The van der Waals surface area contributed by atoms with Gasteiger partial charge in [0.25, 0.3) is 0 Å². The summed E-state index contributed by atoms with van der Waals surface area (Å²) in [6, 6.07) is -1.12. The number of ether oxygens (including phenoxy) is 2. The fourth-order valence-electron chi connectivity index (χ4n) is 4.77. The van der Waals surface area contributed by atoms with Crippen molar-refractivity contribution in [2.45, 2.75) is 79.8 Å². The van der Waals surface area contributed by atoms with Crippen LogP contribution < -0.4 is 10.6 Å². The number of hydrogen-bond acceptors (Lipinski definition) is 9. The Labute approximate surface area is 180 Å². The number of nitrogens with one attached hydrogen (secondary N) is 2. The Balaban J connectivity index is 1.50. The predicted molar refractivity (Wildman–Crippen MR) is 110 cm³/mol. The van der Waals surface area contributed by atoms with Crippen LogP contribution in [0.1, 0.15) is 25.7 Å². The van der Waals surface area contributed by atoms with Gasteiger partial charge in [0.1, 0.15) is 35.9 Å². The van der Waals surface area contributed by atoms with Gasteiger partial charge in [0, 0.05) is 18.9 Å². The molecule has 4 rings (SSSR count). The van der Waals surface area contributed by atoms with Crippen LogP contribution >= 0.6 is 11.8 Å². The van der Waals surface area contributed by atoms with Crippen LogP contribution in [-0.2, 0) is 14.3 Å². The van der Waals surface area contributed by atoms with Crippen molar-refractivity contribution in [1.29, 1.82) is 0 Å². The Morgan fingerprint density at radius 3 is 2.77 bits per heavy atom. The second-order valence-corrected chi connectivity index (χ2v) is 9.73. The third kappa shape index (κ3) is 4.71. The molecule has 0 spiro atoms. The summed E-state index contributed by atoms with van der Waals surface area (Å²) >= 11 is 1.17. The number of hydrogen-bond donors (Lipinski definition) is 6. The van der Waals surface area contributed by atoms with Crippen molar-refractivity contribution in [3.05, 3.63) is 12.2 Å².